The number of rotatable bonds is 6. The number of ether oxygens (including phenoxy) is 2. The van der Waals surface area contributed by atoms with Crippen molar-refractivity contribution < 1.29 is 28.0 Å². The summed E-state index contributed by atoms with van der Waals surface area (Å²) in [6.45, 7) is -0.221. The first kappa shape index (κ1) is 15.1. The van der Waals surface area contributed by atoms with Crippen LogP contribution in [-0.2, 0) is 27.2 Å². The molecule has 1 rings (SSSR count). The van der Waals surface area contributed by atoms with Gasteiger partial charge in [0, 0.05) is 6.07 Å². The van der Waals surface area contributed by atoms with E-state index in [1.807, 2.05) is 0 Å². The van der Waals surface area contributed by atoms with Gasteiger partial charge in [-0.1, -0.05) is 6.07 Å². The van der Waals surface area contributed by atoms with Crippen molar-refractivity contribution in [2.24, 2.45) is 0 Å². The molecule has 0 heterocycles. The zero-order valence-electron chi connectivity index (χ0n) is 9.90. The van der Waals surface area contributed by atoms with Crippen LogP contribution in [0.25, 0.3) is 0 Å². The van der Waals surface area contributed by atoms with Gasteiger partial charge in [-0.25, -0.2) is 4.21 Å². The van der Waals surface area contributed by atoms with Crippen LogP contribution >= 0.6 is 0 Å². The Labute approximate surface area is 110 Å². The van der Waals surface area contributed by atoms with Gasteiger partial charge in [0.25, 0.3) is 0 Å². The SMILES string of the molecule is COc1ccc(COC(=O)CS(=O)O)cc1[N+](=O)[O-]. The maximum atomic E-state index is 11.0. The molecule has 1 aromatic rings. The summed E-state index contributed by atoms with van der Waals surface area (Å²) in [6, 6.07) is 4.09. The molecule has 0 aliphatic carbocycles. The second-order valence-corrected chi connectivity index (χ2v) is 4.32. The lowest BCUT2D eigenvalue weighted by molar-refractivity contribution is -0.385. The maximum absolute atomic E-state index is 11.0. The van der Waals surface area contributed by atoms with E-state index in [1.54, 1.807) is 0 Å². The smallest absolute Gasteiger partial charge is 0.321 e. The van der Waals surface area contributed by atoms with Crippen LogP contribution in [0.1, 0.15) is 5.56 Å². The van der Waals surface area contributed by atoms with Crippen LogP contribution in [0.5, 0.6) is 5.75 Å². The summed E-state index contributed by atoms with van der Waals surface area (Å²) in [4.78, 5) is 21.2. The molecule has 0 radical (unpaired) electrons. The molecule has 1 unspecified atom stereocenters. The predicted octanol–water partition coefficient (Wildman–Crippen LogP) is 0.868. The number of hydrogen-bond acceptors (Lipinski definition) is 6. The molecule has 0 bridgehead atoms. The first-order valence-corrected chi connectivity index (χ1v) is 6.26. The number of nitro groups is 1. The van der Waals surface area contributed by atoms with Crippen molar-refractivity contribution in [2.75, 3.05) is 12.9 Å². The Bertz CT molecular complexity index is 517. The van der Waals surface area contributed by atoms with E-state index in [-0.39, 0.29) is 18.0 Å². The van der Waals surface area contributed by atoms with Crippen LogP contribution in [0, 0.1) is 10.1 Å². The zero-order valence-corrected chi connectivity index (χ0v) is 10.7. The molecule has 0 aromatic heterocycles. The average Bonchev–Trinajstić information content (AvgIpc) is 2.35. The van der Waals surface area contributed by atoms with Gasteiger partial charge in [0.1, 0.15) is 12.4 Å². The van der Waals surface area contributed by atoms with Crippen molar-refractivity contribution in [1.82, 2.24) is 0 Å². The first-order valence-electron chi connectivity index (χ1n) is 4.98. The van der Waals surface area contributed by atoms with Crippen molar-refractivity contribution in [3.8, 4) is 5.75 Å². The Morgan fingerprint density at radius 1 is 1.53 bits per heavy atom. The van der Waals surface area contributed by atoms with Crippen molar-refractivity contribution in [3.63, 3.8) is 0 Å². The fourth-order valence-corrected chi connectivity index (χ4v) is 1.56. The van der Waals surface area contributed by atoms with E-state index in [1.165, 1.54) is 25.3 Å². The standard InChI is InChI=1S/C10H11NO7S/c1-17-9-3-2-7(4-8(9)11(13)14)5-18-10(12)6-19(15)16/h2-4H,5-6H2,1H3,(H,15,16). The van der Waals surface area contributed by atoms with Gasteiger partial charge in [-0.05, 0) is 11.6 Å². The van der Waals surface area contributed by atoms with Crippen LogP contribution in [0.3, 0.4) is 0 Å². The Hall–Kier alpha value is -2.00. The minimum Gasteiger partial charge on any atom is -0.490 e. The molecule has 9 heteroatoms. The molecule has 1 atom stereocenters. The molecule has 0 fully saturated rings. The molecule has 0 amide bonds. The third-order valence-corrected chi connectivity index (χ3v) is 2.56. The molecule has 0 saturated carbocycles. The summed E-state index contributed by atoms with van der Waals surface area (Å²) >= 11 is -2.27. The topological polar surface area (TPSA) is 116 Å². The summed E-state index contributed by atoms with van der Waals surface area (Å²) in [6.07, 6.45) is 0. The van der Waals surface area contributed by atoms with Gasteiger partial charge in [0.2, 0.25) is 0 Å². The highest BCUT2D eigenvalue weighted by Gasteiger charge is 2.16. The molecular formula is C10H11NO7S. The van der Waals surface area contributed by atoms with Crippen molar-refractivity contribution in [3.05, 3.63) is 33.9 Å². The quantitative estimate of drug-likeness (QED) is 0.357. The van der Waals surface area contributed by atoms with Gasteiger partial charge in [0.05, 0.1) is 12.0 Å². The first-order chi connectivity index (χ1) is 8.93. The number of hydrogen-bond donors (Lipinski definition) is 1. The van der Waals surface area contributed by atoms with Crippen LogP contribution in [0.2, 0.25) is 0 Å². The van der Waals surface area contributed by atoms with Crippen LogP contribution in [-0.4, -0.2) is 32.5 Å². The van der Waals surface area contributed by atoms with Gasteiger partial charge in [-0.2, -0.15) is 0 Å². The summed E-state index contributed by atoms with van der Waals surface area (Å²) in [5.74, 6) is -1.41. The third kappa shape index (κ3) is 4.64. The number of nitro benzene ring substituents is 1. The van der Waals surface area contributed by atoms with Gasteiger partial charge in [0.15, 0.2) is 16.8 Å². The van der Waals surface area contributed by atoms with E-state index in [0.29, 0.717) is 5.56 Å². The van der Waals surface area contributed by atoms with E-state index < -0.39 is 27.7 Å². The number of carbonyl (C=O) groups is 1. The van der Waals surface area contributed by atoms with Gasteiger partial charge in [-0.3, -0.25) is 14.9 Å². The Morgan fingerprint density at radius 3 is 2.74 bits per heavy atom. The predicted molar refractivity (Wildman–Crippen MR) is 65.1 cm³/mol. The summed E-state index contributed by atoms with van der Waals surface area (Å²) in [5, 5.41) is 10.8. The van der Waals surface area contributed by atoms with Crippen molar-refractivity contribution >= 4 is 22.7 Å². The number of esters is 1. The molecule has 0 aliphatic heterocycles. The van der Waals surface area contributed by atoms with E-state index in [4.69, 9.17) is 14.0 Å². The van der Waals surface area contributed by atoms with Crippen molar-refractivity contribution in [2.45, 2.75) is 6.61 Å². The van der Waals surface area contributed by atoms with E-state index in [0.717, 1.165) is 0 Å². The molecule has 0 saturated heterocycles. The van der Waals surface area contributed by atoms with Crippen LogP contribution in [0.4, 0.5) is 5.69 Å². The fourth-order valence-electron chi connectivity index (χ4n) is 1.27. The number of nitrogens with zero attached hydrogens (tertiary/aromatic N) is 1. The highest BCUT2D eigenvalue weighted by Crippen LogP contribution is 2.27. The van der Waals surface area contributed by atoms with Gasteiger partial charge >= 0.3 is 11.7 Å². The Morgan fingerprint density at radius 2 is 2.21 bits per heavy atom. The highest BCUT2D eigenvalue weighted by atomic mass is 32.2. The lowest BCUT2D eigenvalue weighted by Gasteiger charge is -2.06. The molecular weight excluding hydrogens is 278 g/mol. The third-order valence-electron chi connectivity index (χ3n) is 2.08. The van der Waals surface area contributed by atoms with Crippen LogP contribution in [0.15, 0.2) is 18.2 Å². The summed E-state index contributed by atoms with van der Waals surface area (Å²) in [5.41, 5.74) is 0.131. The van der Waals surface area contributed by atoms with E-state index in [2.05, 4.69) is 0 Å². The maximum Gasteiger partial charge on any atom is 0.321 e. The molecule has 0 aliphatic rings. The van der Waals surface area contributed by atoms with Crippen LogP contribution < -0.4 is 4.74 Å². The largest absolute Gasteiger partial charge is 0.490 e. The van der Waals surface area contributed by atoms with Gasteiger partial charge < -0.3 is 14.0 Å². The minimum atomic E-state index is -2.27. The minimum absolute atomic E-state index is 0.0940. The fraction of sp³-hybridized carbons (Fsp3) is 0.300. The Balaban J connectivity index is 2.75. The molecule has 8 nitrogen and oxygen atoms in total. The monoisotopic (exact) mass is 289 g/mol. The Kier molecular flexibility index (Phi) is 5.39. The number of carbonyl (C=O) groups excluding carboxylic acids is 1. The van der Waals surface area contributed by atoms with E-state index >= 15 is 0 Å². The molecule has 104 valence electrons. The summed E-state index contributed by atoms with van der Waals surface area (Å²) in [7, 11) is 1.30. The zero-order chi connectivity index (χ0) is 14.4. The molecule has 19 heavy (non-hydrogen) atoms. The number of methoxy groups -OCH3 is 1. The normalized spacial score (nSPS) is 11.7. The molecule has 0 spiro atoms. The lowest BCUT2D eigenvalue weighted by atomic mass is 10.2. The van der Waals surface area contributed by atoms with Crippen molar-refractivity contribution in [1.29, 1.82) is 0 Å². The summed E-state index contributed by atoms with van der Waals surface area (Å²) < 4.78 is 28.3. The highest BCUT2D eigenvalue weighted by molar-refractivity contribution is 7.80. The lowest BCUT2D eigenvalue weighted by Crippen LogP contribution is -2.13. The molecule has 1 N–H and O–H groups in total. The van der Waals surface area contributed by atoms with E-state index in [9.17, 15) is 19.1 Å². The van der Waals surface area contributed by atoms with Gasteiger partial charge in [-0.15, -0.1) is 0 Å². The number of benzene rings is 1. The average molecular weight is 289 g/mol. The second kappa shape index (κ2) is 6.81. The second-order valence-electron chi connectivity index (χ2n) is 3.39. The molecule has 1 aromatic carbocycles.